The lowest BCUT2D eigenvalue weighted by atomic mass is 10.0. The first kappa shape index (κ1) is 32.8. The summed E-state index contributed by atoms with van der Waals surface area (Å²) in [6, 6.07) is 12.4. The van der Waals surface area contributed by atoms with E-state index < -0.39 is 11.9 Å². The van der Waals surface area contributed by atoms with Gasteiger partial charge in [0.1, 0.15) is 11.7 Å². The molecule has 1 atom stereocenters. The summed E-state index contributed by atoms with van der Waals surface area (Å²) in [5, 5.41) is 13.9. The van der Waals surface area contributed by atoms with Gasteiger partial charge in [-0.05, 0) is 42.3 Å². The molecule has 3 amide bonds. The largest absolute Gasteiger partial charge is 0.399 e. The summed E-state index contributed by atoms with van der Waals surface area (Å²) >= 11 is 0. The molecule has 4 N–H and O–H groups in total. The fourth-order valence-electron chi connectivity index (χ4n) is 5.13. The van der Waals surface area contributed by atoms with E-state index in [9.17, 15) is 14.4 Å². The number of amides is 3. The fourth-order valence-corrected chi connectivity index (χ4v) is 5.13. The van der Waals surface area contributed by atoms with Gasteiger partial charge in [-0.1, -0.05) is 29.2 Å². The van der Waals surface area contributed by atoms with Crippen LogP contribution in [0.15, 0.2) is 48.7 Å². The van der Waals surface area contributed by atoms with Crippen LogP contribution in [0.4, 0.5) is 5.69 Å². The van der Waals surface area contributed by atoms with Crippen LogP contribution < -0.4 is 16.4 Å². The topological polar surface area (TPSA) is 163 Å². The van der Waals surface area contributed by atoms with E-state index >= 15 is 0 Å². The Kier molecular flexibility index (Phi) is 11.8. The first-order chi connectivity index (χ1) is 22.5. The van der Waals surface area contributed by atoms with Gasteiger partial charge < -0.3 is 30.2 Å². The molecule has 13 nitrogen and oxygen atoms in total. The number of nitrogens with zero attached hydrogens (tertiary/aromatic N) is 4. The van der Waals surface area contributed by atoms with E-state index in [4.69, 9.17) is 19.9 Å². The Bertz CT molecular complexity index is 1560. The van der Waals surface area contributed by atoms with E-state index in [1.807, 2.05) is 42.6 Å². The van der Waals surface area contributed by atoms with Crippen molar-refractivity contribution in [1.29, 1.82) is 0 Å². The smallest absolute Gasteiger partial charge is 0.255 e. The molecule has 46 heavy (non-hydrogen) atoms. The third-order valence-electron chi connectivity index (χ3n) is 7.56. The van der Waals surface area contributed by atoms with Crippen LogP contribution >= 0.6 is 0 Å². The number of carbonyl (C=O) groups excluding carboxylic acids is 3. The van der Waals surface area contributed by atoms with Gasteiger partial charge in [0, 0.05) is 54.9 Å². The molecule has 242 valence electrons. The quantitative estimate of drug-likeness (QED) is 0.0913. The predicted molar refractivity (Wildman–Crippen MR) is 169 cm³/mol. The second-order valence-corrected chi connectivity index (χ2v) is 10.9. The van der Waals surface area contributed by atoms with Crippen LogP contribution in [0.2, 0.25) is 0 Å². The van der Waals surface area contributed by atoms with Crippen molar-refractivity contribution in [3.63, 3.8) is 0 Å². The maximum atomic E-state index is 12.8. The lowest BCUT2D eigenvalue weighted by Gasteiger charge is -2.29. The second kappa shape index (κ2) is 16.6. The standard InChI is InChI=1S/C33H39N7O6/c34-27-7-5-25(6-8-27)29-23-39(38-37-29)14-16-45-18-20-46-19-17-44-15-13-35-12-2-1-3-24-4-9-28-26(21-24)22-40(33(28)43)30-10-11-31(41)36-32(30)42/h4-9,21,23,30,35H,2,10-20,22,34H2,(H,36,41,42). The average molecular weight is 630 g/mol. The average Bonchev–Trinajstić information content (AvgIpc) is 3.65. The Morgan fingerprint density at radius 1 is 0.957 bits per heavy atom. The molecular formula is C33H39N7O6. The molecule has 13 heteroatoms. The monoisotopic (exact) mass is 629 g/mol. The molecule has 0 bridgehead atoms. The SMILES string of the molecule is Nc1ccc(-c2cn(CCOCCOCCOCCNCCC#Cc3ccc4c(c3)CN(C3CCC(=O)NC3=O)C4=O)nn2)cc1. The highest BCUT2D eigenvalue weighted by atomic mass is 16.5. The number of nitrogens with two attached hydrogens (primary N) is 1. The van der Waals surface area contributed by atoms with E-state index in [0.717, 1.165) is 28.9 Å². The number of anilines is 1. The van der Waals surface area contributed by atoms with E-state index in [1.54, 1.807) is 15.6 Å². The molecule has 1 fully saturated rings. The Hall–Kier alpha value is -4.61. The normalized spacial score (nSPS) is 15.9. The summed E-state index contributed by atoms with van der Waals surface area (Å²) in [5.41, 5.74) is 10.5. The molecule has 3 heterocycles. The van der Waals surface area contributed by atoms with Crippen molar-refractivity contribution in [1.82, 2.24) is 30.5 Å². The summed E-state index contributed by atoms with van der Waals surface area (Å²) in [5.74, 6) is 5.41. The molecule has 0 aliphatic carbocycles. The number of benzene rings is 2. The number of nitrogens with one attached hydrogen (secondary N) is 2. The van der Waals surface area contributed by atoms with Crippen molar-refractivity contribution < 1.29 is 28.6 Å². The van der Waals surface area contributed by atoms with Gasteiger partial charge in [-0.15, -0.1) is 5.10 Å². The molecule has 1 aromatic heterocycles. The first-order valence-electron chi connectivity index (χ1n) is 15.4. The number of rotatable bonds is 16. The number of nitrogen functional groups attached to an aromatic ring is 1. The summed E-state index contributed by atoms with van der Waals surface area (Å²) in [7, 11) is 0. The van der Waals surface area contributed by atoms with Gasteiger partial charge in [-0.25, -0.2) is 4.68 Å². The van der Waals surface area contributed by atoms with Crippen molar-refractivity contribution in [2.75, 3.05) is 58.5 Å². The molecule has 5 rings (SSSR count). The third-order valence-corrected chi connectivity index (χ3v) is 7.56. The Morgan fingerprint density at radius 3 is 2.50 bits per heavy atom. The number of hydrogen-bond donors (Lipinski definition) is 3. The number of aromatic nitrogens is 3. The van der Waals surface area contributed by atoms with Crippen LogP contribution in [0.1, 0.15) is 40.7 Å². The van der Waals surface area contributed by atoms with Crippen LogP contribution in [0, 0.1) is 11.8 Å². The van der Waals surface area contributed by atoms with Gasteiger partial charge in [0.25, 0.3) is 5.91 Å². The van der Waals surface area contributed by atoms with Gasteiger partial charge in [0.15, 0.2) is 0 Å². The highest BCUT2D eigenvalue weighted by Gasteiger charge is 2.39. The molecule has 0 saturated carbocycles. The number of piperidine rings is 1. The zero-order chi connectivity index (χ0) is 32.1. The lowest BCUT2D eigenvalue weighted by Crippen LogP contribution is -2.52. The summed E-state index contributed by atoms with van der Waals surface area (Å²) < 4.78 is 18.5. The zero-order valence-corrected chi connectivity index (χ0v) is 25.7. The van der Waals surface area contributed by atoms with Crippen molar-refractivity contribution in [3.05, 3.63) is 65.4 Å². The molecule has 1 unspecified atom stereocenters. The van der Waals surface area contributed by atoms with Crippen molar-refractivity contribution in [2.45, 2.75) is 38.4 Å². The van der Waals surface area contributed by atoms with Crippen LogP contribution in [0.25, 0.3) is 11.3 Å². The second-order valence-electron chi connectivity index (χ2n) is 10.9. The third kappa shape index (κ3) is 9.21. The maximum absolute atomic E-state index is 12.8. The molecular weight excluding hydrogens is 590 g/mol. The summed E-state index contributed by atoms with van der Waals surface area (Å²) in [6.45, 7) is 5.47. The molecule has 0 spiro atoms. The number of imide groups is 1. The van der Waals surface area contributed by atoms with Crippen LogP contribution in [0.3, 0.4) is 0 Å². The molecule has 3 aromatic rings. The van der Waals surface area contributed by atoms with Gasteiger partial charge in [0.05, 0.1) is 52.4 Å². The number of ether oxygens (including phenoxy) is 3. The van der Waals surface area contributed by atoms with Gasteiger partial charge in [-0.2, -0.15) is 0 Å². The van der Waals surface area contributed by atoms with Crippen molar-refractivity contribution >= 4 is 23.4 Å². The lowest BCUT2D eigenvalue weighted by molar-refractivity contribution is -0.136. The summed E-state index contributed by atoms with van der Waals surface area (Å²) in [6.07, 6.45) is 3.13. The molecule has 2 aliphatic heterocycles. The van der Waals surface area contributed by atoms with E-state index in [-0.39, 0.29) is 18.2 Å². The Labute approximate surface area is 267 Å². The number of fused-ring (bicyclic) bond motifs is 1. The highest BCUT2D eigenvalue weighted by molar-refractivity contribution is 6.05. The first-order valence-corrected chi connectivity index (χ1v) is 15.4. The minimum Gasteiger partial charge on any atom is -0.399 e. The minimum absolute atomic E-state index is 0.183. The van der Waals surface area contributed by atoms with Crippen LogP contribution in [0.5, 0.6) is 0 Å². The van der Waals surface area contributed by atoms with Crippen LogP contribution in [-0.2, 0) is 36.9 Å². The minimum atomic E-state index is -0.617. The van der Waals surface area contributed by atoms with Gasteiger partial charge >= 0.3 is 0 Å². The van der Waals surface area contributed by atoms with E-state index in [1.165, 1.54) is 0 Å². The molecule has 0 radical (unpaired) electrons. The van der Waals surface area contributed by atoms with Crippen LogP contribution in [-0.4, -0.2) is 96.4 Å². The van der Waals surface area contributed by atoms with Crippen molar-refractivity contribution in [3.8, 4) is 23.1 Å². The Balaban J connectivity index is 0.851. The van der Waals surface area contributed by atoms with Gasteiger partial charge in [0.2, 0.25) is 11.8 Å². The molecule has 1 saturated heterocycles. The summed E-state index contributed by atoms with van der Waals surface area (Å²) in [4.78, 5) is 38.0. The fraction of sp³-hybridized carbons (Fsp3) is 0.424. The highest BCUT2D eigenvalue weighted by Crippen LogP contribution is 2.28. The predicted octanol–water partition coefficient (Wildman–Crippen LogP) is 1.37. The number of carbonyl (C=O) groups is 3. The molecule has 2 aromatic carbocycles. The number of hydrogen-bond acceptors (Lipinski definition) is 10. The molecule has 2 aliphatic rings. The Morgan fingerprint density at radius 2 is 1.72 bits per heavy atom. The maximum Gasteiger partial charge on any atom is 0.255 e. The van der Waals surface area contributed by atoms with E-state index in [2.05, 4.69) is 32.8 Å². The van der Waals surface area contributed by atoms with Gasteiger partial charge in [-0.3, -0.25) is 19.7 Å². The van der Waals surface area contributed by atoms with E-state index in [0.29, 0.717) is 83.4 Å². The van der Waals surface area contributed by atoms with Crippen molar-refractivity contribution in [2.24, 2.45) is 0 Å². The zero-order valence-electron chi connectivity index (χ0n) is 25.7.